The van der Waals surface area contributed by atoms with E-state index in [-0.39, 0.29) is 6.04 Å². The highest BCUT2D eigenvalue weighted by atomic mass is 16.5. The average molecular weight is 214 g/mol. The largest absolute Gasteiger partial charge is 0.462 e. The number of likely N-dealkylation sites (tertiary alicyclic amines) is 1. The predicted octanol–water partition coefficient (Wildman–Crippen LogP) is -0.288. The van der Waals surface area contributed by atoms with Gasteiger partial charge in [-0.15, -0.1) is 0 Å². The molecule has 0 aromatic carbocycles. The Hall–Kier alpha value is -1.10. The van der Waals surface area contributed by atoms with Gasteiger partial charge in [0.1, 0.15) is 0 Å². The van der Waals surface area contributed by atoms with Gasteiger partial charge < -0.3 is 14.5 Å². The van der Waals surface area contributed by atoms with Crippen LogP contribution in [0.15, 0.2) is 0 Å². The Morgan fingerprint density at radius 3 is 2.33 bits per heavy atom. The van der Waals surface area contributed by atoms with Crippen LogP contribution in [-0.4, -0.2) is 62.0 Å². The van der Waals surface area contributed by atoms with E-state index in [1.54, 1.807) is 7.05 Å². The average Bonchev–Trinajstić information content (AvgIpc) is 2.27. The number of nitrogens with zero attached hydrogens (tertiary/aromatic N) is 2. The van der Waals surface area contributed by atoms with Crippen LogP contribution in [0.3, 0.4) is 0 Å². The fourth-order valence-electron chi connectivity index (χ4n) is 1.78. The number of carbonyl (C=O) groups is 2. The van der Waals surface area contributed by atoms with E-state index in [0.717, 1.165) is 25.9 Å². The van der Waals surface area contributed by atoms with Gasteiger partial charge in [-0.2, -0.15) is 0 Å². The first-order valence-corrected chi connectivity index (χ1v) is 5.10. The molecule has 0 aliphatic carbocycles. The summed E-state index contributed by atoms with van der Waals surface area (Å²) in [6.45, 7) is 1.92. The molecule has 1 saturated heterocycles. The third-order valence-corrected chi connectivity index (χ3v) is 2.92. The van der Waals surface area contributed by atoms with E-state index in [0.29, 0.717) is 0 Å². The number of methoxy groups -OCH3 is 1. The summed E-state index contributed by atoms with van der Waals surface area (Å²) in [5.74, 6) is -1.33. The normalized spacial score (nSPS) is 18.6. The lowest BCUT2D eigenvalue weighted by atomic mass is 10.0. The first kappa shape index (κ1) is 12.0. The molecular formula is C10H18N2O3. The van der Waals surface area contributed by atoms with Crippen molar-refractivity contribution >= 4 is 11.9 Å². The van der Waals surface area contributed by atoms with Crippen LogP contribution >= 0.6 is 0 Å². The molecule has 86 valence electrons. The van der Waals surface area contributed by atoms with Crippen molar-refractivity contribution in [2.24, 2.45) is 0 Å². The third-order valence-electron chi connectivity index (χ3n) is 2.92. The quantitative estimate of drug-likeness (QED) is 0.444. The topological polar surface area (TPSA) is 49.9 Å². The van der Waals surface area contributed by atoms with Crippen molar-refractivity contribution in [3.63, 3.8) is 0 Å². The zero-order valence-corrected chi connectivity index (χ0v) is 9.52. The Bertz CT molecular complexity index is 247. The minimum Gasteiger partial charge on any atom is -0.462 e. The molecule has 5 nitrogen and oxygen atoms in total. The fourth-order valence-corrected chi connectivity index (χ4v) is 1.78. The van der Waals surface area contributed by atoms with Crippen molar-refractivity contribution in [3.8, 4) is 0 Å². The van der Waals surface area contributed by atoms with Gasteiger partial charge in [0, 0.05) is 13.1 Å². The van der Waals surface area contributed by atoms with Crippen LogP contribution in [-0.2, 0) is 14.3 Å². The first-order chi connectivity index (χ1) is 7.06. The van der Waals surface area contributed by atoms with Crippen molar-refractivity contribution < 1.29 is 14.3 Å². The summed E-state index contributed by atoms with van der Waals surface area (Å²) in [4.78, 5) is 26.2. The molecule has 1 amide bonds. The summed E-state index contributed by atoms with van der Waals surface area (Å²) >= 11 is 0. The van der Waals surface area contributed by atoms with Crippen molar-refractivity contribution in [1.29, 1.82) is 0 Å². The van der Waals surface area contributed by atoms with E-state index in [1.165, 1.54) is 12.0 Å². The second-order valence-corrected chi connectivity index (χ2v) is 3.94. The minimum atomic E-state index is -0.781. The second kappa shape index (κ2) is 5.11. The maximum Gasteiger partial charge on any atom is 0.396 e. The second-order valence-electron chi connectivity index (χ2n) is 3.94. The molecule has 1 rings (SSSR count). The van der Waals surface area contributed by atoms with Gasteiger partial charge in [0.2, 0.25) is 0 Å². The number of amides is 1. The molecule has 0 radical (unpaired) electrons. The smallest absolute Gasteiger partial charge is 0.396 e. The minimum absolute atomic E-state index is 0.160. The first-order valence-electron chi connectivity index (χ1n) is 5.10. The van der Waals surface area contributed by atoms with Gasteiger partial charge in [0.25, 0.3) is 0 Å². The Balaban J connectivity index is 2.49. The van der Waals surface area contributed by atoms with Crippen LogP contribution in [0.2, 0.25) is 0 Å². The Morgan fingerprint density at radius 2 is 1.87 bits per heavy atom. The number of likely N-dealkylation sites (N-methyl/N-ethyl adjacent to an activating group) is 1. The fraction of sp³-hybridized carbons (Fsp3) is 0.800. The predicted molar refractivity (Wildman–Crippen MR) is 55.3 cm³/mol. The number of esters is 1. The van der Waals surface area contributed by atoms with Crippen LogP contribution in [0.1, 0.15) is 12.8 Å². The molecule has 0 saturated carbocycles. The van der Waals surface area contributed by atoms with Gasteiger partial charge in [-0.3, -0.25) is 4.79 Å². The van der Waals surface area contributed by atoms with E-state index in [9.17, 15) is 9.59 Å². The molecule has 0 spiro atoms. The Morgan fingerprint density at radius 1 is 1.33 bits per heavy atom. The molecule has 1 heterocycles. The summed E-state index contributed by atoms with van der Waals surface area (Å²) in [7, 11) is 4.94. The van der Waals surface area contributed by atoms with E-state index in [2.05, 4.69) is 16.7 Å². The number of carbonyl (C=O) groups excluding carboxylic acids is 2. The van der Waals surface area contributed by atoms with Crippen molar-refractivity contribution in [2.75, 3.05) is 34.3 Å². The lowest BCUT2D eigenvalue weighted by Gasteiger charge is -2.34. The number of rotatable bonds is 1. The highest BCUT2D eigenvalue weighted by molar-refractivity contribution is 6.32. The van der Waals surface area contributed by atoms with Gasteiger partial charge in [-0.1, -0.05) is 0 Å². The van der Waals surface area contributed by atoms with E-state index in [1.807, 2.05) is 0 Å². The summed E-state index contributed by atoms with van der Waals surface area (Å²) in [5, 5.41) is 0. The standard InChI is InChI=1S/C10H18N2O3/c1-11-6-4-8(5-7-11)12(2)9(13)10(14)15-3/h8H,4-7H2,1-3H3. The van der Waals surface area contributed by atoms with Gasteiger partial charge in [-0.05, 0) is 33.0 Å². The van der Waals surface area contributed by atoms with Gasteiger partial charge in [-0.25, -0.2) is 4.79 Å². The lowest BCUT2D eigenvalue weighted by molar-refractivity contribution is -0.159. The zero-order chi connectivity index (χ0) is 11.4. The summed E-state index contributed by atoms with van der Waals surface area (Å²) in [6, 6.07) is 0.160. The monoisotopic (exact) mass is 214 g/mol. The molecule has 0 unspecified atom stereocenters. The number of hydrogen-bond donors (Lipinski definition) is 0. The molecule has 1 fully saturated rings. The molecule has 1 aliphatic rings. The molecule has 0 aromatic rings. The van der Waals surface area contributed by atoms with Gasteiger partial charge in [0.05, 0.1) is 7.11 Å². The van der Waals surface area contributed by atoms with Crippen molar-refractivity contribution in [2.45, 2.75) is 18.9 Å². The van der Waals surface area contributed by atoms with E-state index >= 15 is 0 Å². The summed E-state index contributed by atoms with van der Waals surface area (Å²) < 4.78 is 4.40. The van der Waals surface area contributed by atoms with E-state index in [4.69, 9.17) is 0 Å². The number of ether oxygens (including phenoxy) is 1. The van der Waals surface area contributed by atoms with Gasteiger partial charge >= 0.3 is 11.9 Å². The Kier molecular flexibility index (Phi) is 4.08. The lowest BCUT2D eigenvalue weighted by Crippen LogP contribution is -2.46. The molecule has 0 aromatic heterocycles. The van der Waals surface area contributed by atoms with Crippen LogP contribution in [0, 0.1) is 0 Å². The maximum absolute atomic E-state index is 11.5. The number of hydrogen-bond acceptors (Lipinski definition) is 4. The third kappa shape index (κ3) is 2.92. The molecule has 5 heteroatoms. The van der Waals surface area contributed by atoms with Crippen molar-refractivity contribution in [1.82, 2.24) is 9.80 Å². The van der Waals surface area contributed by atoms with Crippen LogP contribution in [0.4, 0.5) is 0 Å². The highest BCUT2D eigenvalue weighted by Gasteiger charge is 2.28. The molecular weight excluding hydrogens is 196 g/mol. The molecule has 15 heavy (non-hydrogen) atoms. The molecule has 0 N–H and O–H groups in total. The van der Waals surface area contributed by atoms with Crippen LogP contribution in [0.25, 0.3) is 0 Å². The molecule has 0 atom stereocenters. The summed E-state index contributed by atoms with van der Waals surface area (Å²) in [5.41, 5.74) is 0. The molecule has 0 bridgehead atoms. The summed E-state index contributed by atoms with van der Waals surface area (Å²) in [6.07, 6.45) is 1.82. The Labute approximate surface area is 90.0 Å². The van der Waals surface area contributed by atoms with E-state index < -0.39 is 11.9 Å². The highest BCUT2D eigenvalue weighted by Crippen LogP contribution is 2.14. The van der Waals surface area contributed by atoms with Crippen LogP contribution < -0.4 is 0 Å². The van der Waals surface area contributed by atoms with Crippen molar-refractivity contribution in [3.05, 3.63) is 0 Å². The SMILES string of the molecule is COC(=O)C(=O)N(C)C1CCN(C)CC1. The number of piperidine rings is 1. The van der Waals surface area contributed by atoms with Crippen LogP contribution in [0.5, 0.6) is 0 Å². The molecule has 1 aliphatic heterocycles. The maximum atomic E-state index is 11.5. The van der Waals surface area contributed by atoms with Gasteiger partial charge in [0.15, 0.2) is 0 Å². The zero-order valence-electron chi connectivity index (χ0n) is 9.52.